The molecular weight excluding hydrogens is 512 g/mol. The van der Waals surface area contributed by atoms with Crippen molar-refractivity contribution in [2.24, 2.45) is 22.7 Å². The number of rotatable bonds is 4. The molecule has 4 saturated carbocycles. The standard InChI is InChI=1S/C31H34N2O5S/c1-37-26-12-18(13-27-29(36)32-30(39-27)33-4-6-38-7-5-33)11-23(28(26)35)22-2-3-25(34)24(14-22)31-15-19-8-20(16-31)10-21(9-19)17-31/h2-3,11-14,19-21,34-35H,4-10,15-17H2,1H3/b27-13+. The fraction of sp³-hybridized carbons (Fsp3) is 0.484. The van der Waals surface area contributed by atoms with Crippen LogP contribution in [0, 0.1) is 17.8 Å². The minimum atomic E-state index is -0.260. The Kier molecular flexibility index (Phi) is 6.16. The van der Waals surface area contributed by atoms with Gasteiger partial charge in [0.1, 0.15) is 5.75 Å². The Bertz CT molecular complexity index is 1360. The van der Waals surface area contributed by atoms with E-state index in [9.17, 15) is 15.0 Å². The number of nitrogens with zero attached hydrogens (tertiary/aromatic N) is 2. The lowest BCUT2D eigenvalue weighted by molar-refractivity contribution is -0.113. The van der Waals surface area contributed by atoms with E-state index in [1.165, 1.54) is 38.1 Å². The number of hydrogen-bond acceptors (Lipinski definition) is 7. The lowest BCUT2D eigenvalue weighted by Gasteiger charge is -2.57. The predicted molar refractivity (Wildman–Crippen MR) is 152 cm³/mol. The summed E-state index contributed by atoms with van der Waals surface area (Å²) >= 11 is 1.37. The van der Waals surface area contributed by atoms with Gasteiger partial charge in [-0.15, -0.1) is 0 Å². The van der Waals surface area contributed by atoms with Gasteiger partial charge in [-0.1, -0.05) is 6.07 Å². The van der Waals surface area contributed by atoms with Gasteiger partial charge < -0.3 is 24.6 Å². The molecule has 1 amide bonds. The monoisotopic (exact) mass is 546 g/mol. The second-order valence-electron chi connectivity index (χ2n) is 12.0. The molecular formula is C31H34N2O5S. The van der Waals surface area contributed by atoms with Gasteiger partial charge in [0.25, 0.3) is 5.91 Å². The van der Waals surface area contributed by atoms with E-state index in [2.05, 4.69) is 16.0 Å². The minimum absolute atomic E-state index is 0.0221. The molecule has 4 aliphatic carbocycles. The third kappa shape index (κ3) is 4.42. The normalized spacial score (nSPS) is 30.7. The van der Waals surface area contributed by atoms with Crippen molar-refractivity contribution >= 4 is 28.9 Å². The first-order chi connectivity index (χ1) is 18.9. The first-order valence-electron chi connectivity index (χ1n) is 14.0. The number of methoxy groups -OCH3 is 1. The number of aromatic hydroxyl groups is 2. The summed E-state index contributed by atoms with van der Waals surface area (Å²) in [4.78, 5) is 19.6. The van der Waals surface area contributed by atoms with Gasteiger partial charge >= 0.3 is 0 Å². The number of thioether (sulfide) groups is 1. The van der Waals surface area contributed by atoms with Crippen LogP contribution in [0.3, 0.4) is 0 Å². The maximum Gasteiger partial charge on any atom is 0.286 e. The van der Waals surface area contributed by atoms with Crippen molar-refractivity contribution < 1.29 is 24.5 Å². The lowest BCUT2D eigenvalue weighted by atomic mass is 9.48. The number of hydrogen-bond donors (Lipinski definition) is 2. The largest absolute Gasteiger partial charge is 0.508 e. The number of amidine groups is 1. The molecule has 8 rings (SSSR count). The van der Waals surface area contributed by atoms with Crippen LogP contribution < -0.4 is 4.74 Å². The third-order valence-electron chi connectivity index (χ3n) is 9.42. The zero-order valence-electron chi connectivity index (χ0n) is 22.2. The van der Waals surface area contributed by atoms with E-state index in [4.69, 9.17) is 9.47 Å². The van der Waals surface area contributed by atoms with Crippen molar-refractivity contribution in [2.75, 3.05) is 33.4 Å². The van der Waals surface area contributed by atoms with E-state index in [1.54, 1.807) is 12.1 Å². The molecule has 2 aromatic carbocycles. The van der Waals surface area contributed by atoms with Crippen molar-refractivity contribution in [1.29, 1.82) is 0 Å². The minimum Gasteiger partial charge on any atom is -0.508 e. The van der Waals surface area contributed by atoms with E-state index in [1.807, 2.05) is 18.2 Å². The Morgan fingerprint density at radius 1 is 1.05 bits per heavy atom. The van der Waals surface area contributed by atoms with E-state index in [0.29, 0.717) is 40.3 Å². The summed E-state index contributed by atoms with van der Waals surface area (Å²) in [5.41, 5.74) is 3.25. The zero-order valence-corrected chi connectivity index (χ0v) is 23.0. The molecule has 6 aliphatic rings. The average Bonchev–Trinajstić information content (AvgIpc) is 3.29. The zero-order chi connectivity index (χ0) is 26.7. The molecule has 39 heavy (non-hydrogen) atoms. The molecule has 0 unspecified atom stereocenters. The maximum absolute atomic E-state index is 12.8. The first-order valence-corrected chi connectivity index (χ1v) is 14.8. The lowest BCUT2D eigenvalue weighted by Crippen LogP contribution is -2.48. The summed E-state index contributed by atoms with van der Waals surface area (Å²) in [6.45, 7) is 2.69. The summed E-state index contributed by atoms with van der Waals surface area (Å²) in [5, 5.41) is 22.9. The number of carbonyl (C=O) groups excluding carboxylic acids is 1. The molecule has 2 aliphatic heterocycles. The molecule has 0 radical (unpaired) electrons. The van der Waals surface area contributed by atoms with Crippen molar-refractivity contribution in [1.82, 2.24) is 4.90 Å². The van der Waals surface area contributed by atoms with Crippen LogP contribution in [-0.2, 0) is 14.9 Å². The second-order valence-corrected chi connectivity index (χ2v) is 13.0. The van der Waals surface area contributed by atoms with Crippen LogP contribution in [0.1, 0.15) is 49.7 Å². The highest BCUT2D eigenvalue weighted by Crippen LogP contribution is 2.62. The molecule has 204 valence electrons. The van der Waals surface area contributed by atoms with E-state index in [0.717, 1.165) is 66.8 Å². The van der Waals surface area contributed by atoms with E-state index >= 15 is 0 Å². The second kappa shape index (κ2) is 9.59. The molecule has 2 N–H and O–H groups in total. The number of phenolic OH excluding ortho intramolecular Hbond substituents is 2. The van der Waals surface area contributed by atoms with Crippen LogP contribution in [0.2, 0.25) is 0 Å². The van der Waals surface area contributed by atoms with Crippen LogP contribution in [0.15, 0.2) is 40.2 Å². The van der Waals surface area contributed by atoms with Crippen molar-refractivity contribution in [3.8, 4) is 28.4 Å². The molecule has 0 spiro atoms. The molecule has 4 bridgehead atoms. The summed E-state index contributed by atoms with van der Waals surface area (Å²) < 4.78 is 11.0. The van der Waals surface area contributed by atoms with Crippen molar-refractivity contribution in [2.45, 2.75) is 43.9 Å². The predicted octanol–water partition coefficient (Wildman–Crippen LogP) is 5.54. The van der Waals surface area contributed by atoms with Gasteiger partial charge in [0.2, 0.25) is 0 Å². The van der Waals surface area contributed by atoms with Gasteiger partial charge in [0.15, 0.2) is 16.7 Å². The van der Waals surface area contributed by atoms with Gasteiger partial charge in [-0.05, 0) is 115 Å². The first kappa shape index (κ1) is 25.0. The maximum atomic E-state index is 12.8. The molecule has 5 fully saturated rings. The molecule has 1 saturated heterocycles. The van der Waals surface area contributed by atoms with Gasteiger partial charge in [-0.25, -0.2) is 0 Å². The SMILES string of the molecule is COc1cc(/C=C2/SC(N3CCOCC3)=NC2=O)cc(-c2ccc(O)c(C34CC5CC(CC(C5)C3)C4)c2)c1O. The van der Waals surface area contributed by atoms with Crippen molar-refractivity contribution in [3.63, 3.8) is 0 Å². The summed E-state index contributed by atoms with van der Waals surface area (Å²) in [6.07, 6.45) is 9.24. The van der Waals surface area contributed by atoms with Crippen LogP contribution in [0.25, 0.3) is 17.2 Å². The number of morpholine rings is 1. The summed E-state index contributed by atoms with van der Waals surface area (Å²) in [6, 6.07) is 9.36. The Morgan fingerprint density at radius 2 is 1.74 bits per heavy atom. The smallest absolute Gasteiger partial charge is 0.286 e. The van der Waals surface area contributed by atoms with Crippen molar-refractivity contribution in [3.05, 3.63) is 46.4 Å². The molecule has 2 aromatic rings. The highest BCUT2D eigenvalue weighted by Gasteiger charge is 2.52. The molecule has 0 atom stereocenters. The quantitative estimate of drug-likeness (QED) is 0.486. The molecule has 2 heterocycles. The van der Waals surface area contributed by atoms with Crippen LogP contribution in [0.5, 0.6) is 17.2 Å². The molecule has 0 aromatic heterocycles. The Morgan fingerprint density at radius 3 is 2.41 bits per heavy atom. The fourth-order valence-corrected chi connectivity index (χ4v) is 9.06. The molecule has 8 heteroatoms. The van der Waals surface area contributed by atoms with Gasteiger partial charge in [0, 0.05) is 24.2 Å². The van der Waals surface area contributed by atoms with Crippen LogP contribution in [-0.4, -0.2) is 59.6 Å². The number of aliphatic imine (C=N–C) groups is 1. The summed E-state index contributed by atoms with van der Waals surface area (Å²) in [5.74, 6) is 2.76. The number of phenols is 2. The number of benzene rings is 2. The summed E-state index contributed by atoms with van der Waals surface area (Å²) in [7, 11) is 1.53. The highest BCUT2D eigenvalue weighted by molar-refractivity contribution is 8.18. The number of ether oxygens (including phenoxy) is 2. The Balaban J connectivity index is 1.23. The van der Waals surface area contributed by atoms with E-state index < -0.39 is 0 Å². The number of amides is 1. The third-order valence-corrected chi connectivity index (χ3v) is 10.5. The fourth-order valence-electron chi connectivity index (χ4n) is 8.10. The Hall–Kier alpha value is -2.97. The topological polar surface area (TPSA) is 91.6 Å². The van der Waals surface area contributed by atoms with Gasteiger partial charge in [-0.3, -0.25) is 4.79 Å². The molecule has 7 nitrogen and oxygen atoms in total. The highest BCUT2D eigenvalue weighted by atomic mass is 32.2. The van der Waals surface area contributed by atoms with Crippen LogP contribution in [0.4, 0.5) is 0 Å². The van der Waals surface area contributed by atoms with Crippen LogP contribution >= 0.6 is 11.8 Å². The van der Waals surface area contributed by atoms with Gasteiger partial charge in [-0.2, -0.15) is 4.99 Å². The number of carbonyl (C=O) groups is 1. The Labute approximate surface area is 232 Å². The van der Waals surface area contributed by atoms with Gasteiger partial charge in [0.05, 0.1) is 25.2 Å². The van der Waals surface area contributed by atoms with E-state index in [-0.39, 0.29) is 17.1 Å². The average molecular weight is 547 g/mol.